The molecule has 1 aliphatic carbocycles. The van der Waals surface area contributed by atoms with Gasteiger partial charge in [0.25, 0.3) is 0 Å². The van der Waals surface area contributed by atoms with Crippen LogP contribution in [0.4, 0.5) is 4.79 Å². The van der Waals surface area contributed by atoms with Gasteiger partial charge in [-0.3, -0.25) is 10.2 Å². The lowest BCUT2D eigenvalue weighted by Crippen LogP contribution is -2.35. The number of benzene rings is 3. The molecule has 6 rings (SSSR count). The summed E-state index contributed by atoms with van der Waals surface area (Å²) in [6.45, 7) is 13.1. The van der Waals surface area contributed by atoms with Crippen molar-refractivity contribution in [3.63, 3.8) is 0 Å². The maximum absolute atomic E-state index is 12.4. The number of imidazole rings is 1. The zero-order valence-corrected chi connectivity index (χ0v) is 29.6. The molecular formula is C41H50N4O4. The number of ether oxygens (including phenoxy) is 3. The van der Waals surface area contributed by atoms with Crippen LogP contribution in [-0.4, -0.2) is 58.1 Å². The normalized spacial score (nSPS) is 17.4. The highest BCUT2D eigenvalue weighted by Crippen LogP contribution is 2.33. The summed E-state index contributed by atoms with van der Waals surface area (Å²) in [6, 6.07) is 21.1. The van der Waals surface area contributed by atoms with Crippen molar-refractivity contribution in [2.75, 3.05) is 19.8 Å². The van der Waals surface area contributed by atoms with Gasteiger partial charge in [0.05, 0.1) is 12.1 Å². The second kappa shape index (κ2) is 15.4. The molecule has 2 heterocycles. The smallest absolute Gasteiger partial charge is 0.491 e. The van der Waals surface area contributed by atoms with Crippen molar-refractivity contribution in [1.29, 1.82) is 0 Å². The summed E-state index contributed by atoms with van der Waals surface area (Å²) in [5.74, 6) is 2.44. The molecule has 0 spiro atoms. The van der Waals surface area contributed by atoms with Crippen molar-refractivity contribution >= 4 is 17.2 Å². The first-order valence-corrected chi connectivity index (χ1v) is 17.7. The number of rotatable bonds is 13. The van der Waals surface area contributed by atoms with Crippen LogP contribution in [0.15, 0.2) is 85.0 Å². The number of fused-ring (bicyclic) bond motifs is 2. The third kappa shape index (κ3) is 8.43. The molecule has 1 fully saturated rings. The average Bonchev–Trinajstić information content (AvgIpc) is 3.66. The van der Waals surface area contributed by atoms with Crippen LogP contribution >= 0.6 is 0 Å². The van der Waals surface area contributed by atoms with Crippen LogP contribution < -0.4 is 14.8 Å². The number of nitrogens with one attached hydrogen (secondary N) is 1. The molecule has 8 heteroatoms. The molecule has 49 heavy (non-hydrogen) atoms. The van der Waals surface area contributed by atoms with E-state index >= 15 is 0 Å². The van der Waals surface area contributed by atoms with Gasteiger partial charge in [-0.1, -0.05) is 86.2 Å². The number of aromatic nitrogens is 2. The van der Waals surface area contributed by atoms with Crippen LogP contribution in [0.2, 0.25) is 0 Å². The quantitative estimate of drug-likeness (QED) is 0.0873. The first kappa shape index (κ1) is 34.5. The zero-order valence-electron chi connectivity index (χ0n) is 29.6. The highest BCUT2D eigenvalue weighted by atomic mass is 16.7. The van der Waals surface area contributed by atoms with E-state index < -0.39 is 11.8 Å². The lowest BCUT2D eigenvalue weighted by molar-refractivity contribution is 0.0207. The van der Waals surface area contributed by atoms with Gasteiger partial charge in [-0.25, -0.2) is 9.78 Å². The molecule has 3 aromatic carbocycles. The van der Waals surface area contributed by atoms with Gasteiger partial charge in [-0.2, -0.15) is 0 Å². The lowest BCUT2D eigenvalue weighted by atomic mass is 10.0. The predicted octanol–water partition coefficient (Wildman–Crippen LogP) is 8.60. The maximum Gasteiger partial charge on any atom is 0.514 e. The van der Waals surface area contributed by atoms with Crippen LogP contribution in [0.25, 0.3) is 22.2 Å². The van der Waals surface area contributed by atoms with Crippen molar-refractivity contribution < 1.29 is 19.0 Å². The SMILES string of the molecule is CCCCc1nc2c(C)ccc(OCCCCN3CNC4C=CC=CC43)c2n1Cc1ccc(-c2ccccc2OC(=O)OC(C)(C)C)cc1. The van der Waals surface area contributed by atoms with Gasteiger partial charge in [-0.15, -0.1) is 0 Å². The van der Waals surface area contributed by atoms with Crippen molar-refractivity contribution in [3.8, 4) is 22.6 Å². The number of hydrogen-bond acceptors (Lipinski definition) is 7. The van der Waals surface area contributed by atoms with E-state index in [4.69, 9.17) is 19.2 Å². The summed E-state index contributed by atoms with van der Waals surface area (Å²) in [5.41, 5.74) is 5.54. The Morgan fingerprint density at radius 2 is 1.76 bits per heavy atom. The molecule has 8 nitrogen and oxygen atoms in total. The molecule has 1 saturated heterocycles. The number of allylic oxidation sites excluding steroid dienone is 2. The van der Waals surface area contributed by atoms with Crippen molar-refractivity contribution in [2.24, 2.45) is 0 Å². The van der Waals surface area contributed by atoms with Crippen molar-refractivity contribution in [1.82, 2.24) is 19.8 Å². The van der Waals surface area contributed by atoms with Gasteiger partial charge in [0, 0.05) is 43.8 Å². The van der Waals surface area contributed by atoms with Gasteiger partial charge in [0.2, 0.25) is 0 Å². The van der Waals surface area contributed by atoms with Gasteiger partial charge in [-0.05, 0) is 75.8 Å². The van der Waals surface area contributed by atoms with E-state index in [-0.39, 0.29) is 0 Å². The molecule has 1 aromatic heterocycles. The molecular weight excluding hydrogens is 612 g/mol. The van der Waals surface area contributed by atoms with E-state index in [9.17, 15) is 4.79 Å². The molecule has 0 amide bonds. The van der Waals surface area contributed by atoms with Crippen LogP contribution in [0.5, 0.6) is 11.5 Å². The third-order valence-electron chi connectivity index (χ3n) is 9.12. The Kier molecular flexibility index (Phi) is 10.9. The number of carbonyl (C=O) groups excluding carboxylic acids is 1. The minimum absolute atomic E-state index is 0.425. The van der Waals surface area contributed by atoms with Gasteiger partial charge >= 0.3 is 6.16 Å². The maximum atomic E-state index is 12.4. The highest BCUT2D eigenvalue weighted by Gasteiger charge is 2.30. The first-order chi connectivity index (χ1) is 23.7. The molecule has 0 radical (unpaired) electrons. The van der Waals surface area contributed by atoms with Crippen LogP contribution in [0.1, 0.15) is 70.3 Å². The lowest BCUT2D eigenvalue weighted by Gasteiger charge is -2.24. The fraction of sp³-hybridized carbons (Fsp3) is 0.415. The summed E-state index contributed by atoms with van der Waals surface area (Å²) < 4.78 is 19.9. The number of hydrogen-bond donors (Lipinski definition) is 1. The molecule has 258 valence electrons. The molecule has 2 unspecified atom stereocenters. The minimum Gasteiger partial charge on any atom is -0.491 e. The Balaban J connectivity index is 1.17. The van der Waals surface area contributed by atoms with Crippen LogP contribution in [0, 0.1) is 6.92 Å². The Hall–Kier alpha value is -4.40. The summed E-state index contributed by atoms with van der Waals surface area (Å²) in [6.07, 6.45) is 13.3. The monoisotopic (exact) mass is 662 g/mol. The molecule has 2 atom stereocenters. The van der Waals surface area contributed by atoms with E-state index in [0.29, 0.717) is 31.0 Å². The number of carbonyl (C=O) groups is 1. The van der Waals surface area contributed by atoms with Crippen molar-refractivity contribution in [3.05, 3.63) is 102 Å². The van der Waals surface area contributed by atoms with E-state index in [1.165, 1.54) is 0 Å². The second-order valence-corrected chi connectivity index (χ2v) is 14.1. The second-order valence-electron chi connectivity index (χ2n) is 14.1. The van der Waals surface area contributed by atoms with Crippen molar-refractivity contribution in [2.45, 2.75) is 91.0 Å². The van der Waals surface area contributed by atoms with Gasteiger partial charge in [0.15, 0.2) is 0 Å². The highest BCUT2D eigenvalue weighted by molar-refractivity contribution is 5.86. The summed E-state index contributed by atoms with van der Waals surface area (Å²) in [5, 5.41) is 3.60. The molecule has 1 N–H and O–H groups in total. The van der Waals surface area contributed by atoms with Crippen LogP contribution in [0.3, 0.4) is 0 Å². The number of aryl methyl sites for hydroxylation is 2. The van der Waals surface area contributed by atoms with E-state index in [2.05, 4.69) is 89.3 Å². The summed E-state index contributed by atoms with van der Waals surface area (Å²) in [7, 11) is 0. The molecule has 0 saturated carbocycles. The van der Waals surface area contributed by atoms with E-state index in [1.54, 1.807) is 6.07 Å². The average molecular weight is 663 g/mol. The Morgan fingerprint density at radius 1 is 0.959 bits per heavy atom. The number of unbranched alkanes of at least 4 members (excludes halogenated alkanes) is 2. The van der Waals surface area contributed by atoms with Crippen LogP contribution in [-0.2, 0) is 17.7 Å². The summed E-state index contributed by atoms with van der Waals surface area (Å²) >= 11 is 0. The largest absolute Gasteiger partial charge is 0.514 e. The molecule has 2 aliphatic rings. The minimum atomic E-state index is -0.715. The van der Waals surface area contributed by atoms with E-state index in [0.717, 1.165) is 90.2 Å². The Morgan fingerprint density at radius 3 is 2.55 bits per heavy atom. The third-order valence-corrected chi connectivity index (χ3v) is 9.12. The summed E-state index contributed by atoms with van der Waals surface area (Å²) in [4.78, 5) is 20.1. The number of nitrogens with zero attached hydrogens (tertiary/aromatic N) is 3. The fourth-order valence-corrected chi connectivity index (χ4v) is 6.61. The van der Waals surface area contributed by atoms with Gasteiger partial charge < -0.3 is 18.8 Å². The Bertz CT molecular complexity index is 1800. The number of para-hydroxylation sites is 1. The zero-order chi connectivity index (χ0) is 34.4. The molecule has 4 aromatic rings. The first-order valence-electron chi connectivity index (χ1n) is 17.7. The Labute approximate surface area is 290 Å². The predicted molar refractivity (Wildman–Crippen MR) is 196 cm³/mol. The fourth-order valence-electron chi connectivity index (χ4n) is 6.61. The standard InChI is InChI=1S/C41H50N4O4/c1-6-7-18-37-43-38-29(2)19-24-36(47-26-13-12-25-44-28-42-33-15-9-10-16-34(33)44)39(38)45(37)27-30-20-22-31(23-21-30)32-14-8-11-17-35(32)48-40(46)49-41(3,4)5/h8-11,14-17,19-24,33-34,42H,6-7,12-13,18,25-28H2,1-5H3. The molecule has 0 bridgehead atoms. The van der Waals surface area contributed by atoms with E-state index in [1.807, 2.05) is 39.0 Å². The van der Waals surface area contributed by atoms with Gasteiger partial charge in [0.1, 0.15) is 28.4 Å². The molecule has 1 aliphatic heterocycles. The topological polar surface area (TPSA) is 77.9 Å².